The molecule has 0 saturated heterocycles. The van der Waals surface area contributed by atoms with Gasteiger partial charge in [-0.25, -0.2) is 0 Å². The first-order valence-corrected chi connectivity index (χ1v) is 23.3. The molecule has 0 bridgehead atoms. The number of benzene rings is 9. The van der Waals surface area contributed by atoms with Crippen molar-refractivity contribution in [3.05, 3.63) is 229 Å². The summed E-state index contributed by atoms with van der Waals surface area (Å²) in [5.74, 6) is 0. The van der Waals surface area contributed by atoms with Crippen LogP contribution >= 0.6 is 0 Å². The highest BCUT2D eigenvalue weighted by Crippen LogP contribution is 2.48. The van der Waals surface area contributed by atoms with Crippen molar-refractivity contribution in [2.24, 2.45) is 0 Å². The lowest BCUT2D eigenvalue weighted by molar-refractivity contribution is 0.662. The molecule has 1 aromatic heterocycles. The Labute approximate surface area is 376 Å². The van der Waals surface area contributed by atoms with Gasteiger partial charge in [-0.3, -0.25) is 0 Å². The van der Waals surface area contributed by atoms with Gasteiger partial charge in [0.05, 0.1) is 11.0 Å². The van der Waals surface area contributed by atoms with Crippen LogP contribution in [0.2, 0.25) is 0 Å². The Morgan fingerprint density at radius 2 is 0.672 bits per heavy atom. The molecule has 0 atom stereocenters. The highest BCUT2D eigenvalue weighted by Gasteiger charge is 2.29. The van der Waals surface area contributed by atoms with Crippen molar-refractivity contribution in [2.45, 2.75) is 51.4 Å². The number of aromatic nitrogens is 1. The summed E-state index contributed by atoms with van der Waals surface area (Å²) in [5, 5.41) is 2.65. The van der Waals surface area contributed by atoms with Crippen LogP contribution < -0.4 is 4.90 Å². The Bertz CT molecular complexity index is 3150. The molecule has 2 aliphatic rings. The highest BCUT2D eigenvalue weighted by molar-refractivity contribution is 6.10. The van der Waals surface area contributed by atoms with Crippen molar-refractivity contribution < 1.29 is 0 Å². The maximum Gasteiger partial charge on any atom is 0.0541 e. The Balaban J connectivity index is 0.969. The summed E-state index contributed by atoms with van der Waals surface area (Å²) in [6, 6.07) is 76.1. The predicted molar refractivity (Wildman–Crippen MR) is 270 cm³/mol. The number of rotatable bonds is 8. The van der Waals surface area contributed by atoms with E-state index in [2.05, 4.69) is 216 Å². The largest absolute Gasteiger partial charge is 0.311 e. The summed E-state index contributed by atoms with van der Waals surface area (Å²) in [4.78, 5) is 2.41. The molecule has 0 aliphatic heterocycles. The van der Waals surface area contributed by atoms with Crippen LogP contribution in [0, 0.1) is 0 Å². The van der Waals surface area contributed by atoms with Gasteiger partial charge in [-0.15, -0.1) is 0 Å². The normalized spacial score (nSPS) is 13.4. The third kappa shape index (κ3) is 6.73. The molecule has 2 nitrogen and oxygen atoms in total. The van der Waals surface area contributed by atoms with Crippen molar-refractivity contribution in [2.75, 3.05) is 4.90 Å². The fourth-order valence-electron chi connectivity index (χ4n) is 11.1. The van der Waals surface area contributed by atoms with Gasteiger partial charge in [-0.1, -0.05) is 140 Å². The van der Waals surface area contributed by atoms with E-state index in [0.29, 0.717) is 0 Å². The molecule has 0 fully saturated rings. The van der Waals surface area contributed by atoms with Crippen LogP contribution in [-0.4, -0.2) is 4.57 Å². The first-order valence-electron chi connectivity index (χ1n) is 23.3. The predicted octanol–water partition coefficient (Wildman–Crippen LogP) is 16.7. The minimum atomic E-state index is 1.13. The van der Waals surface area contributed by atoms with Crippen molar-refractivity contribution >= 4 is 38.9 Å². The molecular weight excluding hydrogens is 773 g/mol. The minimum Gasteiger partial charge on any atom is -0.311 e. The van der Waals surface area contributed by atoms with Gasteiger partial charge in [0, 0.05) is 33.5 Å². The second-order valence-electron chi connectivity index (χ2n) is 17.7. The quantitative estimate of drug-likeness (QED) is 0.148. The smallest absolute Gasteiger partial charge is 0.0541 e. The summed E-state index contributed by atoms with van der Waals surface area (Å²) >= 11 is 0. The number of nitrogens with zero attached hydrogens (tertiary/aromatic N) is 2. The van der Waals surface area contributed by atoms with Gasteiger partial charge in [-0.2, -0.15) is 0 Å². The number of hydrogen-bond donors (Lipinski definition) is 0. The van der Waals surface area contributed by atoms with Gasteiger partial charge < -0.3 is 9.47 Å². The molecule has 64 heavy (non-hydrogen) atoms. The van der Waals surface area contributed by atoms with Crippen LogP contribution in [0.1, 0.15) is 47.9 Å². The second kappa shape index (κ2) is 16.4. The van der Waals surface area contributed by atoms with Crippen LogP contribution in [0.4, 0.5) is 17.1 Å². The molecule has 9 aromatic carbocycles. The van der Waals surface area contributed by atoms with E-state index >= 15 is 0 Å². The Kier molecular flexibility index (Phi) is 9.79. The number of fused-ring (bicyclic) bond motifs is 5. The lowest BCUT2D eigenvalue weighted by Crippen LogP contribution is -2.15. The number of anilines is 3. The fourth-order valence-corrected chi connectivity index (χ4v) is 11.1. The Morgan fingerprint density at radius 1 is 0.297 bits per heavy atom. The fraction of sp³-hybridized carbons (Fsp3) is 0.129. The van der Waals surface area contributed by atoms with Gasteiger partial charge >= 0.3 is 0 Å². The Morgan fingerprint density at radius 3 is 1.17 bits per heavy atom. The van der Waals surface area contributed by atoms with Crippen LogP contribution in [0.15, 0.2) is 206 Å². The average molecular weight is 823 g/mol. The Hall–Kier alpha value is -7.42. The average Bonchev–Trinajstić information content (AvgIpc) is 3.71. The third-order valence-corrected chi connectivity index (χ3v) is 14.0. The van der Waals surface area contributed by atoms with Gasteiger partial charge in [0.1, 0.15) is 0 Å². The zero-order valence-corrected chi connectivity index (χ0v) is 36.2. The molecule has 1 heterocycles. The van der Waals surface area contributed by atoms with Crippen molar-refractivity contribution in [3.8, 4) is 50.2 Å². The maximum atomic E-state index is 2.53. The van der Waals surface area contributed by atoms with Gasteiger partial charge in [-0.05, 0) is 185 Å². The molecule has 10 aromatic rings. The van der Waals surface area contributed by atoms with E-state index in [9.17, 15) is 0 Å². The second-order valence-corrected chi connectivity index (χ2v) is 17.7. The van der Waals surface area contributed by atoms with E-state index in [1.807, 2.05) is 0 Å². The maximum absolute atomic E-state index is 2.53. The summed E-state index contributed by atoms with van der Waals surface area (Å²) in [7, 11) is 0. The molecule has 12 rings (SSSR count). The molecule has 2 heteroatoms. The van der Waals surface area contributed by atoms with Crippen molar-refractivity contribution in [3.63, 3.8) is 0 Å². The van der Waals surface area contributed by atoms with Crippen molar-refractivity contribution in [1.82, 2.24) is 4.57 Å². The molecule has 0 spiro atoms. The van der Waals surface area contributed by atoms with Crippen molar-refractivity contribution in [1.29, 1.82) is 0 Å². The molecule has 2 aliphatic carbocycles. The van der Waals surface area contributed by atoms with E-state index in [0.717, 1.165) is 42.7 Å². The zero-order valence-electron chi connectivity index (χ0n) is 36.2. The standard InChI is InChI=1S/C62H50N2/c1-4-16-43(17-5-1)45-28-35-50(36-29-45)63(51-37-30-46(31-38-51)44-18-6-2-7-19-44)52-39-32-47(33-40-52)61-54-23-10-12-25-56(54)62(57-26-13-11-24-55(57)61)48-34-41-60-58(42-48)53-22-14-15-27-59(53)64(60)49-20-8-3-9-21-49/h1-9,14-22,27-42H,10-13,23-26H2. The summed E-state index contributed by atoms with van der Waals surface area (Å²) in [6.45, 7) is 0. The summed E-state index contributed by atoms with van der Waals surface area (Å²) in [6.07, 6.45) is 9.52. The van der Waals surface area contributed by atoms with E-state index in [1.54, 1.807) is 22.3 Å². The molecule has 308 valence electrons. The SMILES string of the molecule is c1ccc(-c2ccc(N(c3ccc(-c4ccccc4)cc3)c3ccc(-c4c5c(c(-c6ccc7c(c6)c6ccccc6n7-c6ccccc6)c6c4CCCC6)CCCC5)cc3)cc2)cc1. The van der Waals surface area contributed by atoms with Gasteiger partial charge in [0.25, 0.3) is 0 Å². The molecule has 0 N–H and O–H groups in total. The third-order valence-electron chi connectivity index (χ3n) is 14.0. The lowest BCUT2D eigenvalue weighted by atomic mass is 9.73. The molecule has 0 radical (unpaired) electrons. The van der Waals surface area contributed by atoms with E-state index < -0.39 is 0 Å². The minimum absolute atomic E-state index is 1.13. The monoisotopic (exact) mass is 822 g/mol. The van der Waals surface area contributed by atoms with E-state index in [-0.39, 0.29) is 0 Å². The van der Waals surface area contributed by atoms with Crippen LogP contribution in [0.25, 0.3) is 72.0 Å². The van der Waals surface area contributed by atoms with Gasteiger partial charge in [0.2, 0.25) is 0 Å². The van der Waals surface area contributed by atoms with Crippen LogP contribution in [0.5, 0.6) is 0 Å². The van der Waals surface area contributed by atoms with Gasteiger partial charge in [0.15, 0.2) is 0 Å². The topological polar surface area (TPSA) is 8.17 Å². The first-order chi connectivity index (χ1) is 31.8. The highest BCUT2D eigenvalue weighted by atomic mass is 15.1. The molecule has 0 unspecified atom stereocenters. The van der Waals surface area contributed by atoms with E-state index in [4.69, 9.17) is 0 Å². The summed E-state index contributed by atoms with van der Waals surface area (Å²) < 4.78 is 2.44. The number of hydrogen-bond acceptors (Lipinski definition) is 1. The number of para-hydroxylation sites is 2. The molecule has 0 amide bonds. The van der Waals surface area contributed by atoms with E-state index in [1.165, 1.54) is 97.7 Å². The first kappa shape index (κ1) is 38.3. The lowest BCUT2D eigenvalue weighted by Gasteiger charge is -2.32. The van der Waals surface area contributed by atoms with Crippen LogP contribution in [-0.2, 0) is 25.7 Å². The molecule has 0 saturated carbocycles. The zero-order chi connectivity index (χ0) is 42.4. The summed E-state index contributed by atoms with van der Waals surface area (Å²) in [5.41, 5.74) is 24.2. The van der Waals surface area contributed by atoms with Crippen LogP contribution in [0.3, 0.4) is 0 Å². The molecular formula is C62H50N2.